The van der Waals surface area contributed by atoms with Gasteiger partial charge in [-0.2, -0.15) is 0 Å². The summed E-state index contributed by atoms with van der Waals surface area (Å²) in [4.78, 5) is 51.7. The fourth-order valence-corrected chi connectivity index (χ4v) is 4.89. The summed E-state index contributed by atoms with van der Waals surface area (Å²) >= 11 is 0. The van der Waals surface area contributed by atoms with Crippen LogP contribution in [0, 0.1) is 17.8 Å². The van der Waals surface area contributed by atoms with E-state index in [1.807, 2.05) is 0 Å². The van der Waals surface area contributed by atoms with Crippen LogP contribution in [0.5, 0.6) is 0 Å². The van der Waals surface area contributed by atoms with Crippen molar-refractivity contribution in [1.82, 2.24) is 0 Å². The monoisotopic (exact) mass is 398 g/mol. The molecular formula is C22H26N2O5. The zero-order valence-electron chi connectivity index (χ0n) is 16.8. The molecular weight excluding hydrogens is 372 g/mol. The topological polar surface area (TPSA) is 92.8 Å². The first-order chi connectivity index (χ1) is 13.8. The molecule has 1 aromatic carbocycles. The largest absolute Gasteiger partial charge is 0.455 e. The molecule has 4 rings (SSSR count). The van der Waals surface area contributed by atoms with E-state index in [-0.39, 0.29) is 29.4 Å². The average molecular weight is 398 g/mol. The highest BCUT2D eigenvalue weighted by molar-refractivity contribution is 6.14. The Bertz CT molecular complexity index is 862. The van der Waals surface area contributed by atoms with Crippen molar-refractivity contribution in [2.45, 2.75) is 51.5 Å². The van der Waals surface area contributed by atoms with Gasteiger partial charge in [-0.25, -0.2) is 0 Å². The Morgan fingerprint density at radius 1 is 1.14 bits per heavy atom. The SMILES string of the molecule is CC1(C)C(=O)Nc2ccccc2N1C(=O)COC(=O)C1C[C@H]2CCC[C@@H](C1)C2=O. The number of hydrogen-bond acceptors (Lipinski definition) is 5. The van der Waals surface area contributed by atoms with Crippen LogP contribution in [0.4, 0.5) is 11.4 Å². The van der Waals surface area contributed by atoms with Gasteiger partial charge >= 0.3 is 5.97 Å². The number of amides is 2. The normalized spacial score (nSPS) is 27.7. The zero-order chi connectivity index (χ0) is 20.8. The molecule has 7 nitrogen and oxygen atoms in total. The Labute approximate surface area is 169 Å². The van der Waals surface area contributed by atoms with Crippen LogP contribution in [0.3, 0.4) is 0 Å². The van der Waals surface area contributed by atoms with Gasteiger partial charge in [-0.05, 0) is 51.7 Å². The number of hydrogen-bond donors (Lipinski definition) is 1. The molecule has 1 N–H and O–H groups in total. The number of benzene rings is 1. The molecule has 2 bridgehead atoms. The molecule has 2 fully saturated rings. The van der Waals surface area contributed by atoms with Crippen molar-refractivity contribution in [3.05, 3.63) is 24.3 Å². The predicted octanol–water partition coefficient (Wildman–Crippen LogP) is 2.69. The molecule has 0 aromatic heterocycles. The Kier molecular flexibility index (Phi) is 4.92. The Morgan fingerprint density at radius 2 is 1.79 bits per heavy atom. The number of nitrogens with zero attached hydrogens (tertiary/aromatic N) is 1. The molecule has 7 heteroatoms. The molecule has 0 spiro atoms. The third kappa shape index (κ3) is 3.43. The lowest BCUT2D eigenvalue weighted by atomic mass is 9.67. The van der Waals surface area contributed by atoms with E-state index < -0.39 is 24.0 Å². The maximum atomic E-state index is 13.0. The number of rotatable bonds is 3. The third-order valence-corrected chi connectivity index (χ3v) is 6.48. The van der Waals surface area contributed by atoms with Crippen molar-refractivity contribution in [3.63, 3.8) is 0 Å². The quantitative estimate of drug-likeness (QED) is 0.791. The number of anilines is 2. The van der Waals surface area contributed by atoms with E-state index in [1.54, 1.807) is 38.1 Å². The second-order valence-corrected chi connectivity index (χ2v) is 8.76. The smallest absolute Gasteiger partial charge is 0.309 e. The van der Waals surface area contributed by atoms with Crippen LogP contribution >= 0.6 is 0 Å². The second-order valence-electron chi connectivity index (χ2n) is 8.76. The Morgan fingerprint density at radius 3 is 2.48 bits per heavy atom. The highest BCUT2D eigenvalue weighted by atomic mass is 16.5. The van der Waals surface area contributed by atoms with Crippen LogP contribution in [0.25, 0.3) is 0 Å². The third-order valence-electron chi connectivity index (χ3n) is 6.48. The van der Waals surface area contributed by atoms with Gasteiger partial charge < -0.3 is 10.1 Å². The molecule has 3 atom stereocenters. The first-order valence-corrected chi connectivity index (χ1v) is 10.2. The summed E-state index contributed by atoms with van der Waals surface area (Å²) in [6.07, 6.45) is 3.75. The number of Topliss-reactive ketones (excluding diaryl/α,β-unsaturated/α-hetero) is 1. The average Bonchev–Trinajstić information content (AvgIpc) is 2.66. The highest BCUT2D eigenvalue weighted by Gasteiger charge is 2.45. The Hall–Kier alpha value is -2.70. The number of para-hydroxylation sites is 2. The molecule has 1 aliphatic heterocycles. The van der Waals surface area contributed by atoms with Gasteiger partial charge in [0.1, 0.15) is 11.3 Å². The summed E-state index contributed by atoms with van der Waals surface area (Å²) in [5, 5.41) is 2.81. The lowest BCUT2D eigenvalue weighted by Crippen LogP contribution is -2.59. The van der Waals surface area contributed by atoms with Gasteiger partial charge in [-0.1, -0.05) is 18.6 Å². The van der Waals surface area contributed by atoms with Crippen molar-refractivity contribution in [3.8, 4) is 0 Å². The van der Waals surface area contributed by atoms with Crippen molar-refractivity contribution < 1.29 is 23.9 Å². The maximum absolute atomic E-state index is 13.0. The number of carbonyl (C=O) groups excluding carboxylic acids is 4. The summed E-state index contributed by atoms with van der Waals surface area (Å²) < 4.78 is 5.37. The molecule has 1 unspecified atom stereocenters. The molecule has 0 radical (unpaired) electrons. The number of esters is 1. The molecule has 154 valence electrons. The predicted molar refractivity (Wildman–Crippen MR) is 106 cm³/mol. The van der Waals surface area contributed by atoms with E-state index in [1.165, 1.54) is 4.90 Å². The van der Waals surface area contributed by atoms with Gasteiger partial charge in [-0.15, -0.1) is 0 Å². The van der Waals surface area contributed by atoms with E-state index in [0.717, 1.165) is 19.3 Å². The first-order valence-electron chi connectivity index (χ1n) is 10.2. The summed E-state index contributed by atoms with van der Waals surface area (Å²) in [5.41, 5.74) is 0.0256. The first kappa shape index (κ1) is 19.6. The summed E-state index contributed by atoms with van der Waals surface area (Å²) in [7, 11) is 0. The number of nitrogens with one attached hydrogen (secondary N) is 1. The van der Waals surface area contributed by atoms with Crippen molar-refractivity contribution in [2.24, 2.45) is 17.8 Å². The zero-order valence-corrected chi connectivity index (χ0v) is 16.8. The highest BCUT2D eigenvalue weighted by Crippen LogP contribution is 2.41. The fraction of sp³-hybridized carbons (Fsp3) is 0.545. The maximum Gasteiger partial charge on any atom is 0.309 e. The summed E-state index contributed by atoms with van der Waals surface area (Å²) in [5.74, 6) is -1.31. The van der Waals surface area contributed by atoms with Gasteiger partial charge in [0.15, 0.2) is 6.61 Å². The minimum absolute atomic E-state index is 0.0487. The molecule has 1 aromatic rings. The molecule has 1 heterocycles. The van der Waals surface area contributed by atoms with Gasteiger partial charge in [0.25, 0.3) is 5.91 Å². The van der Waals surface area contributed by atoms with E-state index in [2.05, 4.69) is 5.32 Å². The van der Waals surface area contributed by atoms with E-state index in [9.17, 15) is 19.2 Å². The van der Waals surface area contributed by atoms with Crippen LogP contribution in [0.15, 0.2) is 24.3 Å². The molecule has 2 amide bonds. The fourth-order valence-electron chi connectivity index (χ4n) is 4.89. The van der Waals surface area contributed by atoms with Crippen LogP contribution in [-0.2, 0) is 23.9 Å². The molecule has 3 aliphatic rings. The molecule has 29 heavy (non-hydrogen) atoms. The lowest BCUT2D eigenvalue weighted by molar-refractivity contribution is -0.156. The molecule has 2 saturated carbocycles. The summed E-state index contributed by atoms with van der Waals surface area (Å²) in [6.45, 7) is 2.89. The van der Waals surface area contributed by atoms with Crippen LogP contribution < -0.4 is 10.2 Å². The number of fused-ring (bicyclic) bond motifs is 3. The van der Waals surface area contributed by atoms with E-state index in [4.69, 9.17) is 4.74 Å². The molecule has 2 aliphatic carbocycles. The second kappa shape index (κ2) is 7.28. The van der Waals surface area contributed by atoms with Crippen LogP contribution in [-0.4, -0.2) is 35.7 Å². The van der Waals surface area contributed by atoms with Crippen LogP contribution in [0.1, 0.15) is 46.0 Å². The van der Waals surface area contributed by atoms with Crippen LogP contribution in [0.2, 0.25) is 0 Å². The minimum atomic E-state index is -1.11. The van der Waals surface area contributed by atoms with Crippen molar-refractivity contribution in [2.75, 3.05) is 16.8 Å². The summed E-state index contributed by atoms with van der Waals surface area (Å²) in [6, 6.07) is 7.05. The Balaban J connectivity index is 1.45. The van der Waals surface area contributed by atoms with Crippen molar-refractivity contribution in [1.29, 1.82) is 0 Å². The van der Waals surface area contributed by atoms with Gasteiger partial charge in [0.05, 0.1) is 17.3 Å². The van der Waals surface area contributed by atoms with Gasteiger partial charge in [0, 0.05) is 11.8 Å². The number of ether oxygens (including phenoxy) is 1. The van der Waals surface area contributed by atoms with E-state index >= 15 is 0 Å². The standard InChI is InChI=1S/C22H26N2O5/c1-22(2)21(28)23-16-8-3-4-9-17(16)24(22)18(25)12-29-20(27)15-10-13-6-5-7-14(11-15)19(13)26/h3-4,8-9,13-15H,5-7,10-12H2,1-2H3,(H,23,28)/t13-,14+,15?. The van der Waals surface area contributed by atoms with Crippen molar-refractivity contribution >= 4 is 34.9 Å². The lowest BCUT2D eigenvalue weighted by Gasteiger charge is -2.42. The van der Waals surface area contributed by atoms with Gasteiger partial charge in [0.2, 0.25) is 5.91 Å². The number of carbonyl (C=O) groups is 4. The molecule has 0 saturated heterocycles. The minimum Gasteiger partial charge on any atom is -0.455 e. The van der Waals surface area contributed by atoms with Gasteiger partial charge in [-0.3, -0.25) is 24.1 Å². The van der Waals surface area contributed by atoms with E-state index in [0.29, 0.717) is 24.2 Å². The number of ketones is 1.